The third kappa shape index (κ3) is 2.93. The molecule has 100 valence electrons. The first-order valence-electron chi connectivity index (χ1n) is 7.04. The van der Waals surface area contributed by atoms with Gasteiger partial charge in [0, 0.05) is 13.2 Å². The molecular weight excluding hydrogens is 222 g/mol. The van der Waals surface area contributed by atoms with Crippen LogP contribution in [-0.4, -0.2) is 19.3 Å². The molecule has 0 heterocycles. The zero-order valence-corrected chi connectivity index (χ0v) is 11.8. The zero-order chi connectivity index (χ0) is 13.0. The molecule has 0 radical (unpaired) electrons. The molecule has 0 aliphatic heterocycles. The lowest BCUT2D eigenvalue weighted by atomic mass is 9.74. The Bertz CT molecular complexity index is 362. The average molecular weight is 247 g/mol. The molecular formula is C16H25NO. The van der Waals surface area contributed by atoms with Crippen LogP contribution >= 0.6 is 0 Å². The van der Waals surface area contributed by atoms with Crippen LogP contribution in [0.4, 0.5) is 0 Å². The maximum absolute atomic E-state index is 5.76. The van der Waals surface area contributed by atoms with Crippen molar-refractivity contribution >= 4 is 0 Å². The SMILES string of the molecule is CCNC(CC1(OC)CCC1)c1ccc(C)cc1. The first kappa shape index (κ1) is 13.6. The Morgan fingerprint density at radius 2 is 1.94 bits per heavy atom. The topological polar surface area (TPSA) is 21.3 Å². The predicted octanol–water partition coefficient (Wildman–Crippen LogP) is 3.60. The van der Waals surface area contributed by atoms with Crippen LogP contribution in [0.15, 0.2) is 24.3 Å². The molecule has 0 spiro atoms. The van der Waals surface area contributed by atoms with E-state index in [0.29, 0.717) is 6.04 Å². The van der Waals surface area contributed by atoms with Crippen molar-refractivity contribution in [3.05, 3.63) is 35.4 Å². The Balaban J connectivity index is 2.10. The Labute approximate surface area is 111 Å². The van der Waals surface area contributed by atoms with Crippen molar-refractivity contribution < 1.29 is 4.74 Å². The van der Waals surface area contributed by atoms with Crippen molar-refractivity contribution in [1.82, 2.24) is 5.32 Å². The lowest BCUT2D eigenvalue weighted by Crippen LogP contribution is -2.42. The van der Waals surface area contributed by atoms with Gasteiger partial charge in [-0.25, -0.2) is 0 Å². The van der Waals surface area contributed by atoms with E-state index in [-0.39, 0.29) is 5.60 Å². The molecule has 0 saturated heterocycles. The van der Waals surface area contributed by atoms with Crippen molar-refractivity contribution in [1.29, 1.82) is 0 Å². The van der Waals surface area contributed by atoms with Crippen LogP contribution in [0.5, 0.6) is 0 Å². The van der Waals surface area contributed by atoms with Crippen molar-refractivity contribution in [2.24, 2.45) is 0 Å². The van der Waals surface area contributed by atoms with E-state index in [1.807, 2.05) is 7.11 Å². The van der Waals surface area contributed by atoms with Gasteiger partial charge in [-0.05, 0) is 44.7 Å². The van der Waals surface area contributed by atoms with E-state index in [1.165, 1.54) is 30.4 Å². The fourth-order valence-corrected chi connectivity index (χ4v) is 2.79. The monoisotopic (exact) mass is 247 g/mol. The minimum atomic E-state index is 0.123. The molecule has 0 amide bonds. The highest BCUT2D eigenvalue weighted by Crippen LogP contribution is 2.41. The second-order valence-electron chi connectivity index (χ2n) is 5.47. The number of rotatable bonds is 6. The summed E-state index contributed by atoms with van der Waals surface area (Å²) in [6.45, 7) is 5.30. The summed E-state index contributed by atoms with van der Waals surface area (Å²) in [6.07, 6.45) is 4.80. The highest BCUT2D eigenvalue weighted by atomic mass is 16.5. The quantitative estimate of drug-likeness (QED) is 0.829. The summed E-state index contributed by atoms with van der Waals surface area (Å²) in [5.41, 5.74) is 2.82. The van der Waals surface area contributed by atoms with E-state index in [0.717, 1.165) is 13.0 Å². The number of aryl methyl sites for hydroxylation is 1. The summed E-state index contributed by atoms with van der Waals surface area (Å²) in [5.74, 6) is 0. The molecule has 1 fully saturated rings. The maximum Gasteiger partial charge on any atom is 0.0697 e. The smallest absolute Gasteiger partial charge is 0.0697 e. The molecule has 1 aromatic rings. The minimum absolute atomic E-state index is 0.123. The van der Waals surface area contributed by atoms with Crippen molar-refractivity contribution in [3.63, 3.8) is 0 Å². The second-order valence-corrected chi connectivity index (χ2v) is 5.47. The molecule has 18 heavy (non-hydrogen) atoms. The fraction of sp³-hybridized carbons (Fsp3) is 0.625. The summed E-state index contributed by atoms with van der Waals surface area (Å²) in [4.78, 5) is 0. The number of hydrogen-bond donors (Lipinski definition) is 1. The molecule has 1 saturated carbocycles. The van der Waals surface area contributed by atoms with Gasteiger partial charge in [0.1, 0.15) is 0 Å². The molecule has 1 unspecified atom stereocenters. The Kier molecular flexibility index (Phi) is 4.41. The molecule has 2 nitrogen and oxygen atoms in total. The van der Waals surface area contributed by atoms with Gasteiger partial charge in [0.05, 0.1) is 5.60 Å². The van der Waals surface area contributed by atoms with Crippen LogP contribution in [-0.2, 0) is 4.74 Å². The third-order valence-electron chi connectivity index (χ3n) is 4.20. The molecule has 0 aromatic heterocycles. The van der Waals surface area contributed by atoms with Crippen LogP contribution < -0.4 is 5.32 Å². The van der Waals surface area contributed by atoms with Crippen molar-refractivity contribution in [2.75, 3.05) is 13.7 Å². The van der Waals surface area contributed by atoms with Gasteiger partial charge >= 0.3 is 0 Å². The van der Waals surface area contributed by atoms with Crippen LogP contribution in [0.1, 0.15) is 49.8 Å². The molecule has 1 aliphatic rings. The number of benzene rings is 1. The van der Waals surface area contributed by atoms with E-state index in [1.54, 1.807) is 0 Å². The molecule has 1 aliphatic carbocycles. The summed E-state index contributed by atoms with van der Waals surface area (Å²) in [5, 5.41) is 3.60. The number of ether oxygens (including phenoxy) is 1. The number of methoxy groups -OCH3 is 1. The van der Waals surface area contributed by atoms with E-state index in [9.17, 15) is 0 Å². The molecule has 2 heteroatoms. The largest absolute Gasteiger partial charge is 0.378 e. The highest BCUT2D eigenvalue weighted by molar-refractivity contribution is 5.24. The van der Waals surface area contributed by atoms with Gasteiger partial charge in [0.2, 0.25) is 0 Å². The minimum Gasteiger partial charge on any atom is -0.378 e. The summed E-state index contributed by atoms with van der Waals surface area (Å²) in [6, 6.07) is 9.28. The van der Waals surface area contributed by atoms with Crippen molar-refractivity contribution in [2.45, 2.75) is 51.2 Å². The zero-order valence-electron chi connectivity index (χ0n) is 11.8. The van der Waals surface area contributed by atoms with Crippen LogP contribution in [0.3, 0.4) is 0 Å². The highest BCUT2D eigenvalue weighted by Gasteiger charge is 2.39. The Morgan fingerprint density at radius 1 is 1.28 bits per heavy atom. The van der Waals surface area contributed by atoms with Gasteiger partial charge in [-0.3, -0.25) is 0 Å². The molecule has 1 atom stereocenters. The number of nitrogens with one attached hydrogen (secondary N) is 1. The first-order valence-corrected chi connectivity index (χ1v) is 7.04. The fourth-order valence-electron chi connectivity index (χ4n) is 2.79. The van der Waals surface area contributed by atoms with Gasteiger partial charge < -0.3 is 10.1 Å². The second kappa shape index (κ2) is 5.85. The average Bonchev–Trinajstić information content (AvgIpc) is 2.33. The lowest BCUT2D eigenvalue weighted by Gasteiger charge is -2.43. The molecule has 2 rings (SSSR count). The molecule has 0 bridgehead atoms. The first-order chi connectivity index (χ1) is 8.69. The predicted molar refractivity (Wildman–Crippen MR) is 75.8 cm³/mol. The lowest BCUT2D eigenvalue weighted by molar-refractivity contribution is -0.0837. The van der Waals surface area contributed by atoms with Crippen LogP contribution in [0.2, 0.25) is 0 Å². The summed E-state index contributed by atoms with van der Waals surface area (Å²) < 4.78 is 5.76. The standard InChI is InChI=1S/C16H25NO/c1-4-17-15(12-16(18-3)10-5-11-16)14-8-6-13(2)7-9-14/h6-9,15,17H,4-5,10-12H2,1-3H3. The summed E-state index contributed by atoms with van der Waals surface area (Å²) in [7, 11) is 1.86. The van der Waals surface area contributed by atoms with E-state index < -0.39 is 0 Å². The summed E-state index contributed by atoms with van der Waals surface area (Å²) >= 11 is 0. The van der Waals surface area contributed by atoms with Crippen molar-refractivity contribution in [3.8, 4) is 0 Å². The van der Waals surface area contributed by atoms with Gasteiger partial charge in [-0.2, -0.15) is 0 Å². The van der Waals surface area contributed by atoms with Crippen LogP contribution in [0.25, 0.3) is 0 Å². The number of hydrogen-bond acceptors (Lipinski definition) is 2. The maximum atomic E-state index is 5.76. The van der Waals surface area contributed by atoms with E-state index in [4.69, 9.17) is 4.74 Å². The van der Waals surface area contributed by atoms with E-state index in [2.05, 4.69) is 43.4 Å². The van der Waals surface area contributed by atoms with Gasteiger partial charge in [-0.15, -0.1) is 0 Å². The van der Waals surface area contributed by atoms with Gasteiger partial charge in [-0.1, -0.05) is 36.8 Å². The Morgan fingerprint density at radius 3 is 2.39 bits per heavy atom. The van der Waals surface area contributed by atoms with Gasteiger partial charge in [0.25, 0.3) is 0 Å². The van der Waals surface area contributed by atoms with E-state index >= 15 is 0 Å². The van der Waals surface area contributed by atoms with Gasteiger partial charge in [0.15, 0.2) is 0 Å². The Hall–Kier alpha value is -0.860. The molecule has 1 aromatic carbocycles. The third-order valence-corrected chi connectivity index (χ3v) is 4.20. The van der Waals surface area contributed by atoms with Crippen LogP contribution in [0, 0.1) is 6.92 Å². The normalized spacial score (nSPS) is 19.3. The molecule has 1 N–H and O–H groups in total.